The van der Waals surface area contributed by atoms with Crippen LogP contribution in [0.15, 0.2) is 0 Å². The van der Waals surface area contributed by atoms with Crippen molar-refractivity contribution in [1.82, 2.24) is 10.6 Å². The van der Waals surface area contributed by atoms with Gasteiger partial charge in [-0.2, -0.15) is 0 Å². The first-order chi connectivity index (χ1) is 7.67. The van der Waals surface area contributed by atoms with Gasteiger partial charge in [0.1, 0.15) is 0 Å². The molecule has 1 saturated heterocycles. The molecule has 1 aliphatic heterocycles. The van der Waals surface area contributed by atoms with Crippen molar-refractivity contribution < 1.29 is 0 Å². The van der Waals surface area contributed by atoms with Gasteiger partial charge < -0.3 is 10.6 Å². The molecule has 3 fully saturated rings. The highest BCUT2D eigenvalue weighted by Crippen LogP contribution is 2.51. The SMILES string of the molecule is CC1(C)CC1CNCC1NCC2CCCC21. The zero-order chi connectivity index (χ0) is 11.2. The molecule has 4 unspecified atom stereocenters. The Bertz CT molecular complexity index is 261. The van der Waals surface area contributed by atoms with Crippen molar-refractivity contribution >= 4 is 0 Å². The fraction of sp³-hybridized carbons (Fsp3) is 1.00. The largest absolute Gasteiger partial charge is 0.315 e. The summed E-state index contributed by atoms with van der Waals surface area (Å²) in [5.74, 6) is 2.93. The Balaban J connectivity index is 1.39. The average molecular weight is 222 g/mol. The van der Waals surface area contributed by atoms with Crippen LogP contribution in [-0.4, -0.2) is 25.7 Å². The summed E-state index contributed by atoms with van der Waals surface area (Å²) >= 11 is 0. The molecular formula is C14H26N2. The molecule has 3 rings (SSSR count). The van der Waals surface area contributed by atoms with Gasteiger partial charge in [-0.05, 0) is 55.5 Å². The van der Waals surface area contributed by atoms with E-state index in [0.29, 0.717) is 5.41 Å². The molecule has 4 atom stereocenters. The summed E-state index contributed by atoms with van der Waals surface area (Å²) in [4.78, 5) is 0. The third kappa shape index (κ3) is 2.02. The summed E-state index contributed by atoms with van der Waals surface area (Å²) in [6.07, 6.45) is 5.84. The van der Waals surface area contributed by atoms with Crippen LogP contribution in [0.25, 0.3) is 0 Å². The Labute approximate surface area is 99.6 Å². The number of hydrogen-bond acceptors (Lipinski definition) is 2. The lowest BCUT2D eigenvalue weighted by Gasteiger charge is -2.19. The zero-order valence-electron chi connectivity index (χ0n) is 10.8. The van der Waals surface area contributed by atoms with Crippen LogP contribution >= 0.6 is 0 Å². The smallest absolute Gasteiger partial charge is 0.0223 e. The predicted octanol–water partition coefficient (Wildman–Crippen LogP) is 2.01. The van der Waals surface area contributed by atoms with Gasteiger partial charge in [-0.3, -0.25) is 0 Å². The van der Waals surface area contributed by atoms with E-state index in [4.69, 9.17) is 0 Å². The van der Waals surface area contributed by atoms with Gasteiger partial charge in [0.2, 0.25) is 0 Å². The molecule has 0 amide bonds. The van der Waals surface area contributed by atoms with Crippen molar-refractivity contribution in [2.75, 3.05) is 19.6 Å². The van der Waals surface area contributed by atoms with Crippen molar-refractivity contribution in [2.45, 2.75) is 45.6 Å². The quantitative estimate of drug-likeness (QED) is 0.760. The van der Waals surface area contributed by atoms with Gasteiger partial charge in [-0.25, -0.2) is 0 Å². The summed E-state index contributed by atoms with van der Waals surface area (Å²) in [6.45, 7) is 8.50. The predicted molar refractivity (Wildman–Crippen MR) is 67.4 cm³/mol. The normalized spacial score (nSPS) is 44.6. The van der Waals surface area contributed by atoms with Crippen LogP contribution in [0.5, 0.6) is 0 Å². The molecule has 3 aliphatic rings. The Kier molecular flexibility index (Phi) is 2.75. The van der Waals surface area contributed by atoms with Crippen molar-refractivity contribution in [3.05, 3.63) is 0 Å². The molecule has 16 heavy (non-hydrogen) atoms. The van der Waals surface area contributed by atoms with E-state index in [2.05, 4.69) is 24.5 Å². The second-order valence-electron chi connectivity index (χ2n) is 6.92. The monoisotopic (exact) mass is 222 g/mol. The Hall–Kier alpha value is -0.0800. The van der Waals surface area contributed by atoms with Gasteiger partial charge in [0, 0.05) is 12.6 Å². The Morgan fingerprint density at radius 3 is 2.81 bits per heavy atom. The highest BCUT2D eigenvalue weighted by Gasteiger charge is 2.45. The topological polar surface area (TPSA) is 24.1 Å². The molecule has 2 heteroatoms. The maximum absolute atomic E-state index is 3.71. The first-order valence-corrected chi connectivity index (χ1v) is 7.11. The van der Waals surface area contributed by atoms with Gasteiger partial charge in [0.25, 0.3) is 0 Å². The van der Waals surface area contributed by atoms with E-state index in [1.165, 1.54) is 45.3 Å². The number of fused-ring (bicyclic) bond motifs is 1. The molecule has 0 aromatic heterocycles. The van der Waals surface area contributed by atoms with E-state index in [-0.39, 0.29) is 0 Å². The van der Waals surface area contributed by atoms with E-state index in [9.17, 15) is 0 Å². The van der Waals surface area contributed by atoms with Crippen LogP contribution in [-0.2, 0) is 0 Å². The van der Waals surface area contributed by atoms with Gasteiger partial charge in [0.05, 0.1) is 0 Å². The molecule has 2 nitrogen and oxygen atoms in total. The highest BCUT2D eigenvalue weighted by atomic mass is 15.0. The first-order valence-electron chi connectivity index (χ1n) is 7.11. The Morgan fingerprint density at radius 2 is 2.06 bits per heavy atom. The van der Waals surface area contributed by atoms with E-state index < -0.39 is 0 Å². The van der Waals surface area contributed by atoms with Crippen LogP contribution < -0.4 is 10.6 Å². The van der Waals surface area contributed by atoms with Crippen LogP contribution in [0, 0.1) is 23.2 Å². The summed E-state index contributed by atoms with van der Waals surface area (Å²) in [7, 11) is 0. The van der Waals surface area contributed by atoms with E-state index >= 15 is 0 Å². The maximum Gasteiger partial charge on any atom is 0.0223 e. The molecule has 0 spiro atoms. The third-order valence-electron chi connectivity index (χ3n) is 5.35. The van der Waals surface area contributed by atoms with Gasteiger partial charge in [-0.15, -0.1) is 0 Å². The molecule has 0 bridgehead atoms. The molecule has 2 N–H and O–H groups in total. The molecule has 0 aromatic rings. The summed E-state index contributed by atoms with van der Waals surface area (Å²) < 4.78 is 0. The summed E-state index contributed by atoms with van der Waals surface area (Å²) in [6, 6.07) is 0.773. The van der Waals surface area contributed by atoms with Crippen molar-refractivity contribution in [3.63, 3.8) is 0 Å². The maximum atomic E-state index is 3.71. The van der Waals surface area contributed by atoms with E-state index in [1.54, 1.807) is 0 Å². The fourth-order valence-electron chi connectivity index (χ4n) is 3.86. The fourth-order valence-corrected chi connectivity index (χ4v) is 3.86. The molecule has 92 valence electrons. The minimum Gasteiger partial charge on any atom is -0.315 e. The van der Waals surface area contributed by atoms with Crippen LogP contribution in [0.2, 0.25) is 0 Å². The van der Waals surface area contributed by atoms with Crippen molar-refractivity contribution in [3.8, 4) is 0 Å². The van der Waals surface area contributed by atoms with Gasteiger partial charge in [-0.1, -0.05) is 20.3 Å². The second kappa shape index (κ2) is 3.99. The van der Waals surface area contributed by atoms with Gasteiger partial charge >= 0.3 is 0 Å². The average Bonchev–Trinajstić information content (AvgIpc) is 2.66. The van der Waals surface area contributed by atoms with Crippen molar-refractivity contribution in [1.29, 1.82) is 0 Å². The lowest BCUT2D eigenvalue weighted by molar-refractivity contribution is 0.387. The molecule has 2 aliphatic carbocycles. The second-order valence-corrected chi connectivity index (χ2v) is 6.92. The van der Waals surface area contributed by atoms with Crippen LogP contribution in [0.4, 0.5) is 0 Å². The molecule has 2 saturated carbocycles. The number of rotatable bonds is 4. The number of hydrogen-bond donors (Lipinski definition) is 2. The summed E-state index contributed by atoms with van der Waals surface area (Å²) in [5, 5.41) is 7.41. The van der Waals surface area contributed by atoms with Crippen LogP contribution in [0.3, 0.4) is 0 Å². The molecule has 0 radical (unpaired) electrons. The number of nitrogens with one attached hydrogen (secondary N) is 2. The lowest BCUT2D eigenvalue weighted by Crippen LogP contribution is -2.38. The Morgan fingerprint density at radius 1 is 1.25 bits per heavy atom. The molecular weight excluding hydrogens is 196 g/mol. The molecule has 0 aromatic carbocycles. The van der Waals surface area contributed by atoms with Crippen LogP contribution in [0.1, 0.15) is 39.5 Å². The minimum atomic E-state index is 0.631. The first kappa shape index (κ1) is 11.0. The van der Waals surface area contributed by atoms with E-state index in [1.807, 2.05) is 0 Å². The standard InChI is InChI=1S/C14H26N2/c1-14(2)6-11(14)8-15-9-13-12-5-3-4-10(12)7-16-13/h10-13,15-16H,3-9H2,1-2H3. The van der Waals surface area contributed by atoms with Gasteiger partial charge in [0.15, 0.2) is 0 Å². The van der Waals surface area contributed by atoms with Crippen molar-refractivity contribution in [2.24, 2.45) is 23.2 Å². The molecule has 1 heterocycles. The van der Waals surface area contributed by atoms with E-state index in [0.717, 1.165) is 23.8 Å². The lowest BCUT2D eigenvalue weighted by atomic mass is 9.94. The zero-order valence-corrected chi connectivity index (χ0v) is 10.8. The minimum absolute atomic E-state index is 0.631. The third-order valence-corrected chi connectivity index (χ3v) is 5.35. The summed E-state index contributed by atoms with van der Waals surface area (Å²) in [5.41, 5.74) is 0.631. The highest BCUT2D eigenvalue weighted by molar-refractivity contribution is 4.98.